The van der Waals surface area contributed by atoms with Crippen LogP contribution in [0, 0.1) is 6.92 Å². The van der Waals surface area contributed by atoms with E-state index < -0.39 is 6.10 Å². The van der Waals surface area contributed by atoms with Gasteiger partial charge in [0.05, 0.1) is 17.7 Å². The molecule has 5 nitrogen and oxygen atoms in total. The lowest BCUT2D eigenvalue weighted by Crippen LogP contribution is -2.38. The zero-order chi connectivity index (χ0) is 19.9. The molecular formula is C21H32N4OS. The van der Waals surface area contributed by atoms with Crippen LogP contribution in [0.15, 0.2) is 35.5 Å². The number of aliphatic hydroxyl groups is 1. The third-order valence-electron chi connectivity index (χ3n) is 4.23. The Morgan fingerprint density at radius 2 is 1.93 bits per heavy atom. The van der Waals surface area contributed by atoms with Gasteiger partial charge in [-0.3, -0.25) is 4.99 Å². The summed E-state index contributed by atoms with van der Waals surface area (Å²) in [6.07, 6.45) is 2.15. The van der Waals surface area contributed by atoms with Gasteiger partial charge in [-0.15, -0.1) is 11.3 Å². The molecule has 0 fully saturated rings. The Hall–Kier alpha value is -1.92. The van der Waals surface area contributed by atoms with Crippen molar-refractivity contribution in [2.24, 2.45) is 4.99 Å². The van der Waals surface area contributed by atoms with E-state index in [1.54, 1.807) is 11.3 Å². The number of benzene rings is 1. The van der Waals surface area contributed by atoms with Gasteiger partial charge < -0.3 is 15.7 Å². The molecule has 0 aliphatic heterocycles. The van der Waals surface area contributed by atoms with Crippen LogP contribution in [-0.4, -0.2) is 35.7 Å². The molecule has 27 heavy (non-hydrogen) atoms. The molecule has 0 aliphatic rings. The van der Waals surface area contributed by atoms with Crippen molar-refractivity contribution in [2.75, 3.05) is 19.6 Å². The summed E-state index contributed by atoms with van der Waals surface area (Å²) in [7, 11) is 0. The third-order valence-corrected chi connectivity index (χ3v) is 5.20. The second-order valence-corrected chi connectivity index (χ2v) is 8.97. The van der Waals surface area contributed by atoms with E-state index in [0.29, 0.717) is 6.54 Å². The SMILES string of the molecule is CCNC(=NCC(O)c1ccc(C(C)(C)C)cc1)NCCc1ncc(C)s1. The minimum absolute atomic E-state index is 0.111. The number of thiazole rings is 1. The van der Waals surface area contributed by atoms with Crippen molar-refractivity contribution < 1.29 is 5.11 Å². The Morgan fingerprint density at radius 1 is 1.22 bits per heavy atom. The lowest BCUT2D eigenvalue weighted by atomic mass is 9.86. The number of rotatable bonds is 7. The molecule has 148 valence electrons. The van der Waals surface area contributed by atoms with Gasteiger partial charge >= 0.3 is 0 Å². The molecule has 1 aromatic heterocycles. The van der Waals surface area contributed by atoms with Crippen LogP contribution < -0.4 is 10.6 Å². The summed E-state index contributed by atoms with van der Waals surface area (Å²) in [5, 5.41) is 18.1. The second kappa shape index (κ2) is 9.85. The maximum atomic E-state index is 10.5. The van der Waals surface area contributed by atoms with E-state index in [2.05, 4.69) is 60.4 Å². The fourth-order valence-corrected chi connectivity index (χ4v) is 3.42. The van der Waals surface area contributed by atoms with Gasteiger partial charge in [0.1, 0.15) is 0 Å². The number of aromatic nitrogens is 1. The van der Waals surface area contributed by atoms with Gasteiger partial charge in [0, 0.05) is 30.6 Å². The number of hydrogen-bond acceptors (Lipinski definition) is 4. The highest BCUT2D eigenvalue weighted by Gasteiger charge is 2.14. The average Bonchev–Trinajstić information content (AvgIpc) is 3.04. The summed E-state index contributed by atoms with van der Waals surface area (Å²) in [6.45, 7) is 12.5. The molecule has 0 saturated heterocycles. The van der Waals surface area contributed by atoms with Crippen LogP contribution in [0.4, 0.5) is 0 Å². The summed E-state index contributed by atoms with van der Waals surface area (Å²) in [4.78, 5) is 10.1. The molecule has 6 heteroatoms. The Labute approximate surface area is 167 Å². The molecule has 0 saturated carbocycles. The number of nitrogens with one attached hydrogen (secondary N) is 2. The van der Waals surface area contributed by atoms with E-state index >= 15 is 0 Å². The van der Waals surface area contributed by atoms with E-state index in [1.165, 1.54) is 10.4 Å². The highest BCUT2D eigenvalue weighted by atomic mass is 32.1. The number of aryl methyl sites for hydroxylation is 1. The van der Waals surface area contributed by atoms with Crippen molar-refractivity contribution >= 4 is 17.3 Å². The van der Waals surface area contributed by atoms with Crippen LogP contribution in [0.5, 0.6) is 0 Å². The molecule has 2 rings (SSSR count). The summed E-state index contributed by atoms with van der Waals surface area (Å²) < 4.78 is 0. The van der Waals surface area contributed by atoms with Crippen LogP contribution in [0.2, 0.25) is 0 Å². The summed E-state index contributed by atoms with van der Waals surface area (Å²) in [5.74, 6) is 0.719. The Balaban J connectivity index is 1.90. The zero-order valence-corrected chi connectivity index (χ0v) is 17.9. The first kappa shape index (κ1) is 21.4. The smallest absolute Gasteiger partial charge is 0.191 e. The maximum absolute atomic E-state index is 10.5. The average molecular weight is 389 g/mol. The number of hydrogen-bond donors (Lipinski definition) is 3. The molecule has 1 aromatic carbocycles. The third kappa shape index (κ3) is 6.96. The van der Waals surface area contributed by atoms with Gasteiger partial charge in [0.25, 0.3) is 0 Å². The Bertz CT molecular complexity index is 731. The molecule has 0 bridgehead atoms. The van der Waals surface area contributed by atoms with E-state index in [4.69, 9.17) is 0 Å². The number of guanidine groups is 1. The first-order valence-corrected chi connectivity index (χ1v) is 10.3. The molecule has 0 radical (unpaired) electrons. The van der Waals surface area contributed by atoms with Crippen LogP contribution in [0.25, 0.3) is 0 Å². The molecular weight excluding hydrogens is 356 g/mol. The molecule has 1 unspecified atom stereocenters. The zero-order valence-electron chi connectivity index (χ0n) is 17.0. The van der Waals surface area contributed by atoms with Crippen molar-refractivity contribution in [1.29, 1.82) is 0 Å². The number of nitrogens with zero attached hydrogens (tertiary/aromatic N) is 2. The van der Waals surface area contributed by atoms with Crippen molar-refractivity contribution in [3.05, 3.63) is 51.5 Å². The molecule has 3 N–H and O–H groups in total. The predicted molar refractivity (Wildman–Crippen MR) is 115 cm³/mol. The topological polar surface area (TPSA) is 69.5 Å². The monoisotopic (exact) mass is 388 g/mol. The van der Waals surface area contributed by atoms with Crippen molar-refractivity contribution in [3.63, 3.8) is 0 Å². The first-order valence-electron chi connectivity index (χ1n) is 9.51. The maximum Gasteiger partial charge on any atom is 0.191 e. The summed E-state index contributed by atoms with van der Waals surface area (Å²) in [5.41, 5.74) is 2.26. The highest BCUT2D eigenvalue weighted by molar-refractivity contribution is 7.11. The number of aliphatic imine (C=N–C) groups is 1. The van der Waals surface area contributed by atoms with E-state index in [9.17, 15) is 5.11 Å². The van der Waals surface area contributed by atoms with Crippen LogP contribution in [0.1, 0.15) is 54.8 Å². The lowest BCUT2D eigenvalue weighted by Gasteiger charge is -2.20. The molecule has 0 amide bonds. The quantitative estimate of drug-likeness (QED) is 0.501. The fourth-order valence-electron chi connectivity index (χ4n) is 2.64. The molecule has 1 heterocycles. The minimum Gasteiger partial charge on any atom is -0.386 e. The van der Waals surface area contributed by atoms with Gasteiger partial charge in [-0.2, -0.15) is 0 Å². The van der Waals surface area contributed by atoms with Gasteiger partial charge in [-0.25, -0.2) is 4.98 Å². The minimum atomic E-state index is -0.615. The molecule has 1 atom stereocenters. The van der Waals surface area contributed by atoms with Gasteiger partial charge in [0.2, 0.25) is 0 Å². The largest absolute Gasteiger partial charge is 0.386 e. The Morgan fingerprint density at radius 3 is 2.48 bits per heavy atom. The first-order chi connectivity index (χ1) is 12.8. The van der Waals surface area contributed by atoms with Crippen molar-refractivity contribution in [2.45, 2.75) is 52.6 Å². The van der Waals surface area contributed by atoms with Crippen molar-refractivity contribution in [1.82, 2.24) is 15.6 Å². The van der Waals surface area contributed by atoms with Gasteiger partial charge in [-0.1, -0.05) is 45.0 Å². The standard InChI is InChI=1S/C21H32N4OS/c1-6-22-20(23-12-11-19-24-13-15(2)27-19)25-14-18(26)16-7-9-17(10-8-16)21(3,4)5/h7-10,13,18,26H,6,11-12,14H2,1-5H3,(H2,22,23,25). The summed E-state index contributed by atoms with van der Waals surface area (Å²) in [6, 6.07) is 8.15. The fraction of sp³-hybridized carbons (Fsp3) is 0.524. The lowest BCUT2D eigenvalue weighted by molar-refractivity contribution is 0.187. The normalized spacial score (nSPS) is 13.5. The highest BCUT2D eigenvalue weighted by Crippen LogP contribution is 2.24. The van der Waals surface area contributed by atoms with Crippen LogP contribution in [-0.2, 0) is 11.8 Å². The van der Waals surface area contributed by atoms with E-state index in [-0.39, 0.29) is 5.41 Å². The molecule has 0 aliphatic carbocycles. The van der Waals surface area contributed by atoms with E-state index in [1.807, 2.05) is 25.3 Å². The summed E-state index contributed by atoms with van der Waals surface area (Å²) >= 11 is 1.72. The predicted octanol–water partition coefficient (Wildman–Crippen LogP) is 3.58. The van der Waals surface area contributed by atoms with Crippen LogP contribution >= 0.6 is 11.3 Å². The van der Waals surface area contributed by atoms with E-state index in [0.717, 1.165) is 36.0 Å². The van der Waals surface area contributed by atoms with Gasteiger partial charge in [-0.05, 0) is 30.4 Å². The molecule has 0 spiro atoms. The second-order valence-electron chi connectivity index (χ2n) is 7.65. The van der Waals surface area contributed by atoms with Crippen molar-refractivity contribution in [3.8, 4) is 0 Å². The van der Waals surface area contributed by atoms with Gasteiger partial charge in [0.15, 0.2) is 5.96 Å². The molecule has 2 aromatic rings. The Kier molecular flexibility index (Phi) is 7.80. The van der Waals surface area contributed by atoms with Crippen LogP contribution in [0.3, 0.4) is 0 Å². The number of aliphatic hydroxyl groups excluding tert-OH is 1.